The fraction of sp³-hybridized carbons (Fsp3) is 1.00. The van der Waals surface area contributed by atoms with Gasteiger partial charge < -0.3 is 14.6 Å². The van der Waals surface area contributed by atoms with Crippen molar-refractivity contribution in [2.75, 3.05) is 7.11 Å². The molecule has 3 heteroatoms. The van der Waals surface area contributed by atoms with Gasteiger partial charge in [-0.25, -0.2) is 0 Å². The maximum absolute atomic E-state index is 7.49. The van der Waals surface area contributed by atoms with Crippen LogP contribution in [0.15, 0.2) is 0 Å². The number of methoxy groups -OCH3 is 1. The van der Waals surface area contributed by atoms with Crippen LogP contribution >= 0.6 is 0 Å². The topological polar surface area (TPSA) is 38.7 Å². The molecule has 3 unspecified atom stereocenters. The average molecular weight is 216 g/mol. The van der Waals surface area contributed by atoms with Gasteiger partial charge in [0.05, 0.1) is 12.2 Å². The number of hydrogen-bond acceptors (Lipinski definition) is 3. The summed E-state index contributed by atoms with van der Waals surface area (Å²) < 4.78 is 19.0. The Balaban J connectivity index is 2.37. The van der Waals surface area contributed by atoms with Crippen molar-refractivity contribution in [3.8, 4) is 0 Å². The van der Waals surface area contributed by atoms with Gasteiger partial charge >= 0.3 is 0 Å². The molecule has 0 radical (unpaired) electrons. The van der Waals surface area contributed by atoms with Crippen molar-refractivity contribution in [1.82, 2.24) is 0 Å². The second-order valence-corrected chi connectivity index (χ2v) is 5.48. The molecule has 3 nitrogen and oxygen atoms in total. The molecule has 0 amide bonds. The Kier molecular flexibility index (Phi) is 2.31. The molecule has 4 atom stereocenters. The van der Waals surface area contributed by atoms with Crippen LogP contribution < -0.4 is 0 Å². The maximum Gasteiger partial charge on any atom is 0.211 e. The highest BCUT2D eigenvalue weighted by atomic mass is 16.6. The average Bonchev–Trinajstić information content (AvgIpc) is 2.48. The molecule has 88 valence electrons. The summed E-state index contributed by atoms with van der Waals surface area (Å²) in [5, 5.41) is 5.17. The molecule has 2 aliphatic rings. The van der Waals surface area contributed by atoms with E-state index in [9.17, 15) is 0 Å². The molecule has 15 heavy (non-hydrogen) atoms. The lowest BCUT2D eigenvalue weighted by molar-refractivity contribution is -0.153. The van der Waals surface area contributed by atoms with E-state index in [0.29, 0.717) is 0 Å². The Bertz CT molecular complexity index is 269. The maximum atomic E-state index is 7.49. The molecule has 1 heterocycles. The summed E-state index contributed by atoms with van der Waals surface area (Å²) in [7, 11) is 1.71. The van der Waals surface area contributed by atoms with Crippen LogP contribution in [0.1, 0.15) is 40.0 Å². The summed E-state index contributed by atoms with van der Waals surface area (Å²) >= 11 is 0. The van der Waals surface area contributed by atoms with Crippen LogP contribution in [0.2, 0.25) is 0 Å². The summed E-state index contributed by atoms with van der Waals surface area (Å²) in [5.41, 5.74) is -0.651. The Hall–Kier alpha value is -0.120. The number of fused-ring (bicyclic) bond motifs is 1. The third-order valence-corrected chi connectivity index (χ3v) is 4.59. The fourth-order valence-corrected chi connectivity index (χ4v) is 3.02. The van der Waals surface area contributed by atoms with Crippen LogP contribution in [0.25, 0.3) is 0 Å². The lowest BCUT2D eigenvalue weighted by Gasteiger charge is -2.44. The molecule has 1 N–H and O–H groups in total. The molecule has 1 saturated heterocycles. The van der Waals surface area contributed by atoms with Gasteiger partial charge in [0.25, 0.3) is 0 Å². The first-order valence-corrected chi connectivity index (χ1v) is 5.82. The predicted octanol–water partition coefficient (Wildman–Crippen LogP) is 1.73. The van der Waals surface area contributed by atoms with Crippen molar-refractivity contribution in [3.63, 3.8) is 0 Å². The van der Waals surface area contributed by atoms with Crippen LogP contribution in [0.3, 0.4) is 0 Å². The highest BCUT2D eigenvalue weighted by molar-refractivity contribution is 5.11. The van der Waals surface area contributed by atoms with Gasteiger partial charge in [-0.3, -0.25) is 0 Å². The fourth-order valence-electron chi connectivity index (χ4n) is 3.02. The molecular weight excluding hydrogens is 192 g/mol. The number of aliphatic hydroxyl groups is 1. The minimum Gasteiger partial charge on any atom is -0.386 e. The van der Waals surface area contributed by atoms with Gasteiger partial charge in [0.1, 0.15) is 11.7 Å². The van der Waals surface area contributed by atoms with Gasteiger partial charge in [0, 0.05) is 12.5 Å². The predicted molar refractivity (Wildman–Crippen MR) is 57.7 cm³/mol. The van der Waals surface area contributed by atoms with Gasteiger partial charge in [0.15, 0.2) is 0 Å². The molecule has 2 fully saturated rings. The van der Waals surface area contributed by atoms with E-state index in [-0.39, 0.29) is 23.7 Å². The zero-order valence-electron chi connectivity index (χ0n) is 11.1. The molecule has 1 aliphatic carbocycles. The van der Waals surface area contributed by atoms with Crippen molar-refractivity contribution < 1.29 is 14.6 Å². The summed E-state index contributed by atoms with van der Waals surface area (Å²) in [6.45, 7) is 6.32. The van der Waals surface area contributed by atoms with E-state index in [1.54, 1.807) is 7.11 Å². The van der Waals surface area contributed by atoms with Gasteiger partial charge in [-0.05, 0) is 26.2 Å². The van der Waals surface area contributed by atoms with Crippen molar-refractivity contribution in [2.24, 2.45) is 5.41 Å². The second-order valence-electron chi connectivity index (χ2n) is 5.48. The minimum absolute atomic E-state index is 0.0586. The monoisotopic (exact) mass is 216 g/mol. The van der Waals surface area contributed by atoms with Crippen LogP contribution in [-0.4, -0.2) is 37.6 Å². The first kappa shape index (κ1) is 10.1. The van der Waals surface area contributed by atoms with E-state index in [0.717, 1.165) is 19.3 Å². The molecule has 0 spiro atoms. The largest absolute Gasteiger partial charge is 0.386 e. The van der Waals surface area contributed by atoms with E-state index in [1.807, 2.05) is 0 Å². The quantitative estimate of drug-likeness (QED) is 0.764. The Morgan fingerprint density at radius 3 is 2.87 bits per heavy atom. The summed E-state index contributed by atoms with van der Waals surface area (Å²) in [6.07, 6.45) is 2.97. The lowest BCUT2D eigenvalue weighted by Crippen LogP contribution is -2.56. The van der Waals surface area contributed by atoms with E-state index in [1.165, 1.54) is 0 Å². The summed E-state index contributed by atoms with van der Waals surface area (Å²) in [6, 6.07) is 0. The normalized spacial score (nSPS) is 49.9. The lowest BCUT2D eigenvalue weighted by atomic mass is 9.65. The first-order chi connectivity index (χ1) is 7.49. The molecule has 0 aromatic carbocycles. The second kappa shape index (κ2) is 3.44. The summed E-state index contributed by atoms with van der Waals surface area (Å²) in [5.74, 6) is 0. The Morgan fingerprint density at radius 1 is 1.53 bits per heavy atom. The number of rotatable bonds is 2. The zero-order valence-corrected chi connectivity index (χ0v) is 10.1. The molecular formula is C12H22O3. The zero-order chi connectivity index (χ0) is 12.0. The number of hydrogen-bond donors (Lipinski definition) is 1. The van der Waals surface area contributed by atoms with Crippen molar-refractivity contribution >= 4 is 0 Å². The van der Waals surface area contributed by atoms with Crippen molar-refractivity contribution in [3.05, 3.63) is 0 Å². The van der Waals surface area contributed by atoms with Crippen molar-refractivity contribution in [1.29, 1.82) is 1.43 Å². The van der Waals surface area contributed by atoms with Crippen LogP contribution in [-0.2, 0) is 9.47 Å². The SMILES string of the molecule is [3H]OC12CCCC(OC)[C@@H]1OC(C)C2(C)C. The first-order valence-electron chi connectivity index (χ1n) is 6.23. The van der Waals surface area contributed by atoms with E-state index in [4.69, 9.17) is 16.0 Å². The van der Waals surface area contributed by atoms with Gasteiger partial charge in [0.2, 0.25) is 1.43 Å². The Morgan fingerprint density at radius 2 is 2.27 bits per heavy atom. The van der Waals surface area contributed by atoms with Gasteiger partial charge in [-0.1, -0.05) is 13.8 Å². The standard InChI is InChI=1S/C12H22O3/c1-8-11(2,3)12(13)7-5-6-9(14-4)10(12)15-8/h8-10,13H,5-7H2,1-4H3/t8?,9?,10-,12?/m0/s1/i13T. The van der Waals surface area contributed by atoms with Crippen molar-refractivity contribution in [2.45, 2.75) is 63.9 Å². The van der Waals surface area contributed by atoms with Gasteiger partial charge in [-0.2, -0.15) is 0 Å². The molecule has 0 aromatic rings. The van der Waals surface area contributed by atoms with Crippen LogP contribution in [0.5, 0.6) is 0 Å². The molecule has 0 bridgehead atoms. The van der Waals surface area contributed by atoms with E-state index in [2.05, 4.69) is 20.8 Å². The van der Waals surface area contributed by atoms with E-state index < -0.39 is 5.60 Å². The molecule has 0 aromatic heterocycles. The molecule has 1 aliphatic heterocycles. The highest BCUT2D eigenvalue weighted by Gasteiger charge is 2.62. The minimum atomic E-state index is -0.509. The van der Waals surface area contributed by atoms with E-state index >= 15 is 0 Å². The van der Waals surface area contributed by atoms with Crippen LogP contribution in [0, 0.1) is 5.41 Å². The molecule has 2 rings (SSSR count). The van der Waals surface area contributed by atoms with Gasteiger partial charge in [-0.15, -0.1) is 0 Å². The third-order valence-electron chi connectivity index (χ3n) is 4.59. The summed E-state index contributed by atoms with van der Waals surface area (Å²) in [4.78, 5) is 0. The smallest absolute Gasteiger partial charge is 0.211 e. The molecule has 1 saturated carbocycles. The Labute approximate surface area is 93.3 Å². The highest BCUT2D eigenvalue weighted by Crippen LogP contribution is 2.52. The van der Waals surface area contributed by atoms with Crippen LogP contribution in [0.4, 0.5) is 0 Å². The number of ether oxygens (including phenoxy) is 2. The third kappa shape index (κ3) is 1.37.